The molecule has 3 aromatic rings. The SMILES string of the molecule is COc1nc(N)ncc1-c1cc2c(n1C(C)C)C(c1ccc(Cl)cc1)N(C1CCC(C)CC1)C2=O. The van der Waals surface area contributed by atoms with E-state index in [0.717, 1.165) is 48.2 Å². The van der Waals surface area contributed by atoms with Gasteiger partial charge in [-0.05, 0) is 69.2 Å². The molecule has 3 heterocycles. The van der Waals surface area contributed by atoms with Crippen LogP contribution in [0.2, 0.25) is 5.02 Å². The molecule has 0 radical (unpaired) electrons. The van der Waals surface area contributed by atoms with Crippen molar-refractivity contribution >= 4 is 23.5 Å². The first-order valence-electron chi connectivity index (χ1n) is 12.3. The molecular formula is C27H32ClN5O2. The Morgan fingerprint density at radius 3 is 2.43 bits per heavy atom. The first-order valence-corrected chi connectivity index (χ1v) is 12.7. The van der Waals surface area contributed by atoms with E-state index in [1.54, 1.807) is 13.3 Å². The highest BCUT2D eigenvalue weighted by molar-refractivity contribution is 6.30. The zero-order valence-corrected chi connectivity index (χ0v) is 21.4. The summed E-state index contributed by atoms with van der Waals surface area (Å²) in [5.41, 5.74) is 10.2. The Morgan fingerprint density at radius 2 is 1.80 bits per heavy atom. The van der Waals surface area contributed by atoms with Gasteiger partial charge in [0.15, 0.2) is 0 Å². The Labute approximate surface area is 211 Å². The van der Waals surface area contributed by atoms with E-state index in [0.29, 0.717) is 22.4 Å². The number of aromatic nitrogens is 3. The van der Waals surface area contributed by atoms with E-state index in [1.807, 2.05) is 30.3 Å². The number of carbonyl (C=O) groups is 1. The summed E-state index contributed by atoms with van der Waals surface area (Å²) < 4.78 is 7.77. The fraction of sp³-hybridized carbons (Fsp3) is 0.444. The van der Waals surface area contributed by atoms with Crippen molar-refractivity contribution in [1.29, 1.82) is 0 Å². The quantitative estimate of drug-likeness (QED) is 0.478. The second-order valence-corrected chi connectivity index (χ2v) is 10.5. The Kier molecular flexibility index (Phi) is 6.21. The number of nitrogens with two attached hydrogens (primary N) is 1. The third kappa shape index (κ3) is 4.05. The van der Waals surface area contributed by atoms with Crippen LogP contribution < -0.4 is 10.5 Å². The molecule has 1 aliphatic carbocycles. The van der Waals surface area contributed by atoms with Crippen LogP contribution in [-0.4, -0.2) is 38.5 Å². The van der Waals surface area contributed by atoms with Crippen LogP contribution >= 0.6 is 11.6 Å². The lowest BCUT2D eigenvalue weighted by Gasteiger charge is -2.38. The average molecular weight is 494 g/mol. The van der Waals surface area contributed by atoms with Crippen molar-refractivity contribution in [3.8, 4) is 17.1 Å². The topological polar surface area (TPSA) is 86.3 Å². The number of rotatable bonds is 5. The lowest BCUT2D eigenvalue weighted by Crippen LogP contribution is -2.41. The van der Waals surface area contributed by atoms with E-state index >= 15 is 0 Å². The third-order valence-corrected chi connectivity index (χ3v) is 7.65. The lowest BCUT2D eigenvalue weighted by atomic mass is 9.86. The highest BCUT2D eigenvalue weighted by Crippen LogP contribution is 2.47. The van der Waals surface area contributed by atoms with Crippen molar-refractivity contribution in [3.05, 3.63) is 58.4 Å². The van der Waals surface area contributed by atoms with E-state index in [1.165, 1.54) is 0 Å². The molecule has 0 spiro atoms. The van der Waals surface area contributed by atoms with Gasteiger partial charge in [-0.1, -0.05) is 30.7 Å². The molecule has 1 aromatic carbocycles. The van der Waals surface area contributed by atoms with Gasteiger partial charge in [-0.15, -0.1) is 0 Å². The molecule has 7 nitrogen and oxygen atoms in total. The summed E-state index contributed by atoms with van der Waals surface area (Å²) in [5.74, 6) is 1.32. The highest BCUT2D eigenvalue weighted by atomic mass is 35.5. The number of nitrogens with zero attached hydrogens (tertiary/aromatic N) is 4. The van der Waals surface area contributed by atoms with Crippen LogP contribution in [0.4, 0.5) is 5.95 Å². The maximum atomic E-state index is 14.1. The molecule has 35 heavy (non-hydrogen) atoms. The van der Waals surface area contributed by atoms with E-state index < -0.39 is 0 Å². The minimum Gasteiger partial charge on any atom is -0.480 e. The summed E-state index contributed by atoms with van der Waals surface area (Å²) in [6.07, 6.45) is 6.00. The molecule has 2 N–H and O–H groups in total. The Balaban J connectivity index is 1.70. The minimum absolute atomic E-state index is 0.0792. The summed E-state index contributed by atoms with van der Waals surface area (Å²) in [6.45, 7) is 6.56. The zero-order valence-electron chi connectivity index (χ0n) is 20.7. The molecule has 1 fully saturated rings. The van der Waals surface area contributed by atoms with Crippen LogP contribution in [-0.2, 0) is 0 Å². The van der Waals surface area contributed by atoms with Crippen molar-refractivity contribution in [1.82, 2.24) is 19.4 Å². The molecule has 1 saturated carbocycles. The summed E-state index contributed by atoms with van der Waals surface area (Å²) in [7, 11) is 1.56. The molecule has 2 aromatic heterocycles. The van der Waals surface area contributed by atoms with Crippen LogP contribution in [0.15, 0.2) is 36.5 Å². The van der Waals surface area contributed by atoms with Crippen LogP contribution in [0.5, 0.6) is 5.88 Å². The number of hydrogen-bond donors (Lipinski definition) is 1. The van der Waals surface area contributed by atoms with Gasteiger partial charge in [-0.3, -0.25) is 4.79 Å². The maximum absolute atomic E-state index is 14.1. The third-order valence-electron chi connectivity index (χ3n) is 7.40. The van der Waals surface area contributed by atoms with Crippen LogP contribution in [0.25, 0.3) is 11.3 Å². The van der Waals surface area contributed by atoms with Gasteiger partial charge in [0.05, 0.1) is 35.7 Å². The number of anilines is 1. The fourth-order valence-corrected chi connectivity index (χ4v) is 5.84. The summed E-state index contributed by atoms with van der Waals surface area (Å²) >= 11 is 6.24. The second kappa shape index (κ2) is 9.19. The van der Waals surface area contributed by atoms with E-state index in [9.17, 15) is 4.79 Å². The van der Waals surface area contributed by atoms with Crippen molar-refractivity contribution in [2.24, 2.45) is 5.92 Å². The smallest absolute Gasteiger partial charge is 0.256 e. The molecule has 2 aliphatic rings. The zero-order chi connectivity index (χ0) is 24.9. The van der Waals surface area contributed by atoms with Crippen molar-refractivity contribution < 1.29 is 9.53 Å². The largest absolute Gasteiger partial charge is 0.480 e. The summed E-state index contributed by atoms with van der Waals surface area (Å²) in [5, 5.41) is 0.681. The van der Waals surface area contributed by atoms with Gasteiger partial charge in [-0.25, -0.2) is 4.98 Å². The Bertz CT molecular complexity index is 1250. The molecule has 8 heteroatoms. The summed E-state index contributed by atoms with van der Waals surface area (Å²) in [6, 6.07) is 9.97. The molecule has 1 atom stereocenters. The number of nitrogen functional groups attached to an aromatic ring is 1. The van der Waals surface area contributed by atoms with Gasteiger partial charge in [-0.2, -0.15) is 4.98 Å². The van der Waals surface area contributed by atoms with Crippen molar-refractivity contribution in [2.45, 2.75) is 64.6 Å². The highest BCUT2D eigenvalue weighted by Gasteiger charge is 2.46. The number of amides is 1. The average Bonchev–Trinajstić information content (AvgIpc) is 3.35. The number of hydrogen-bond acceptors (Lipinski definition) is 5. The predicted octanol–water partition coefficient (Wildman–Crippen LogP) is 5.89. The first-order chi connectivity index (χ1) is 16.8. The number of benzene rings is 1. The Morgan fingerprint density at radius 1 is 1.11 bits per heavy atom. The Hall–Kier alpha value is -3.06. The fourth-order valence-electron chi connectivity index (χ4n) is 5.71. The predicted molar refractivity (Wildman–Crippen MR) is 138 cm³/mol. The monoisotopic (exact) mass is 493 g/mol. The van der Waals surface area contributed by atoms with E-state index in [4.69, 9.17) is 22.1 Å². The number of ether oxygens (including phenoxy) is 1. The van der Waals surface area contributed by atoms with E-state index in [-0.39, 0.29) is 30.0 Å². The molecule has 0 saturated heterocycles. The van der Waals surface area contributed by atoms with E-state index in [2.05, 4.69) is 40.2 Å². The number of carbonyl (C=O) groups excluding carboxylic acids is 1. The standard InChI is InChI=1S/C27H32ClN5O2/c1-15(2)32-22(21-14-30-27(29)31-25(21)35-4)13-20-24(32)23(17-7-9-18(28)10-8-17)33(26(20)34)19-11-5-16(3)6-12-19/h7-10,13-16,19,23H,5-6,11-12H2,1-4H3,(H2,29,30,31). The normalized spacial score (nSPS) is 22.1. The van der Waals surface area contributed by atoms with Crippen LogP contribution in [0.1, 0.15) is 80.2 Å². The molecule has 0 bridgehead atoms. The lowest BCUT2D eigenvalue weighted by molar-refractivity contribution is 0.0583. The van der Waals surface area contributed by atoms with Gasteiger partial charge < -0.3 is 19.9 Å². The van der Waals surface area contributed by atoms with Gasteiger partial charge >= 0.3 is 0 Å². The minimum atomic E-state index is -0.190. The van der Waals surface area contributed by atoms with Gasteiger partial charge in [0.1, 0.15) is 0 Å². The van der Waals surface area contributed by atoms with Crippen LogP contribution in [0.3, 0.4) is 0 Å². The maximum Gasteiger partial charge on any atom is 0.256 e. The molecule has 1 amide bonds. The number of halogens is 1. The van der Waals surface area contributed by atoms with Gasteiger partial charge in [0.2, 0.25) is 11.8 Å². The molecule has 1 aliphatic heterocycles. The first kappa shape index (κ1) is 23.7. The number of methoxy groups -OCH3 is 1. The molecule has 184 valence electrons. The van der Waals surface area contributed by atoms with Gasteiger partial charge in [0, 0.05) is 23.3 Å². The van der Waals surface area contributed by atoms with Crippen molar-refractivity contribution in [3.63, 3.8) is 0 Å². The molecular weight excluding hydrogens is 462 g/mol. The van der Waals surface area contributed by atoms with Gasteiger partial charge in [0.25, 0.3) is 5.91 Å². The number of fused-ring (bicyclic) bond motifs is 1. The van der Waals surface area contributed by atoms with Crippen molar-refractivity contribution in [2.75, 3.05) is 12.8 Å². The molecule has 1 unspecified atom stereocenters. The molecule has 5 rings (SSSR count). The van der Waals surface area contributed by atoms with Crippen LogP contribution in [0, 0.1) is 5.92 Å². The second-order valence-electron chi connectivity index (χ2n) is 10.0. The summed E-state index contributed by atoms with van der Waals surface area (Å²) in [4.78, 5) is 24.7.